The lowest BCUT2D eigenvalue weighted by Gasteiger charge is -2.35. The minimum Gasteiger partial charge on any atom is -0.344 e. The summed E-state index contributed by atoms with van der Waals surface area (Å²) in [6, 6.07) is 5.21. The summed E-state index contributed by atoms with van der Waals surface area (Å²) in [4.78, 5) is 45.2. The quantitative estimate of drug-likeness (QED) is 0.845. The molecule has 2 saturated heterocycles. The number of carbonyl (C=O) groups excluding carboxylic acids is 3. The van der Waals surface area contributed by atoms with Crippen LogP contribution in [0.3, 0.4) is 0 Å². The van der Waals surface area contributed by atoms with E-state index in [4.69, 9.17) is 0 Å². The summed E-state index contributed by atoms with van der Waals surface area (Å²) < 4.78 is 0. The van der Waals surface area contributed by atoms with Gasteiger partial charge in [-0.05, 0) is 45.2 Å². The van der Waals surface area contributed by atoms with Crippen LogP contribution in [0.4, 0.5) is 0 Å². The van der Waals surface area contributed by atoms with E-state index in [9.17, 15) is 14.4 Å². The predicted molar refractivity (Wildman–Crippen MR) is 100 cm³/mol. The highest BCUT2D eigenvalue weighted by atomic mass is 16.2. The van der Waals surface area contributed by atoms with Crippen molar-refractivity contribution in [3.8, 4) is 0 Å². The van der Waals surface area contributed by atoms with E-state index in [0.717, 1.165) is 31.5 Å². The molecule has 3 unspecified atom stereocenters. The molecule has 2 fully saturated rings. The molecule has 0 radical (unpaired) electrons. The van der Waals surface area contributed by atoms with Gasteiger partial charge >= 0.3 is 0 Å². The Bertz CT molecular complexity index is 694. The zero-order chi connectivity index (χ0) is 19.4. The van der Waals surface area contributed by atoms with Gasteiger partial charge in [-0.3, -0.25) is 19.4 Å². The van der Waals surface area contributed by atoms with Crippen LogP contribution < -0.4 is 5.32 Å². The molecule has 0 aromatic carbocycles. The van der Waals surface area contributed by atoms with Gasteiger partial charge in [0.1, 0.15) is 6.04 Å². The zero-order valence-electron chi connectivity index (χ0n) is 16.1. The van der Waals surface area contributed by atoms with Crippen molar-refractivity contribution in [3.05, 3.63) is 30.1 Å². The highest BCUT2D eigenvalue weighted by Crippen LogP contribution is 2.21. The van der Waals surface area contributed by atoms with E-state index in [-0.39, 0.29) is 30.2 Å². The summed E-state index contributed by atoms with van der Waals surface area (Å²) in [5, 5.41) is 2.82. The minimum atomic E-state index is -0.571. The first-order valence-electron chi connectivity index (χ1n) is 9.74. The van der Waals surface area contributed by atoms with Crippen molar-refractivity contribution in [3.63, 3.8) is 0 Å². The van der Waals surface area contributed by atoms with Crippen LogP contribution >= 0.6 is 0 Å². The molecule has 3 atom stereocenters. The van der Waals surface area contributed by atoms with Gasteiger partial charge in [-0.15, -0.1) is 0 Å². The molecule has 1 aromatic rings. The van der Waals surface area contributed by atoms with Crippen LogP contribution in [-0.4, -0.2) is 57.7 Å². The third kappa shape index (κ3) is 4.64. The summed E-state index contributed by atoms with van der Waals surface area (Å²) >= 11 is 0. The molecular weight excluding hydrogens is 344 g/mol. The predicted octanol–water partition coefficient (Wildman–Crippen LogP) is 1.34. The topological polar surface area (TPSA) is 82.6 Å². The number of nitrogens with one attached hydrogen (secondary N) is 1. The first-order valence-corrected chi connectivity index (χ1v) is 9.74. The standard InChI is InChI=1S/C20H28N4O3/c1-14-7-4-6-10-24(14)20(27)15(2)22-19(26)16-11-18(25)23(12-16)13-17-8-3-5-9-21-17/h3,5,8-9,14-16H,4,6-7,10-13H2,1-2H3,(H,22,26). The largest absolute Gasteiger partial charge is 0.344 e. The molecule has 0 spiro atoms. The lowest BCUT2D eigenvalue weighted by Crippen LogP contribution is -2.52. The second kappa shape index (κ2) is 8.50. The maximum Gasteiger partial charge on any atom is 0.245 e. The van der Waals surface area contributed by atoms with Crippen LogP contribution in [0.25, 0.3) is 0 Å². The Balaban J connectivity index is 1.53. The number of piperidine rings is 1. The molecule has 27 heavy (non-hydrogen) atoms. The third-order valence-corrected chi connectivity index (χ3v) is 5.48. The van der Waals surface area contributed by atoms with Crippen LogP contribution in [0.2, 0.25) is 0 Å². The number of amides is 3. The van der Waals surface area contributed by atoms with Crippen LogP contribution in [0.1, 0.15) is 45.2 Å². The maximum atomic E-state index is 12.7. The lowest BCUT2D eigenvalue weighted by atomic mass is 10.0. The number of carbonyl (C=O) groups is 3. The monoisotopic (exact) mass is 372 g/mol. The Hall–Kier alpha value is -2.44. The third-order valence-electron chi connectivity index (χ3n) is 5.48. The Labute approximate surface area is 160 Å². The highest BCUT2D eigenvalue weighted by Gasteiger charge is 2.36. The van der Waals surface area contributed by atoms with Gasteiger partial charge in [0.05, 0.1) is 18.2 Å². The average molecular weight is 372 g/mol. The molecule has 2 aliphatic heterocycles. The van der Waals surface area contributed by atoms with Gasteiger partial charge in [0.15, 0.2) is 0 Å². The fraction of sp³-hybridized carbons (Fsp3) is 0.600. The smallest absolute Gasteiger partial charge is 0.245 e. The van der Waals surface area contributed by atoms with Gasteiger partial charge in [0, 0.05) is 31.7 Å². The van der Waals surface area contributed by atoms with Crippen LogP contribution in [-0.2, 0) is 20.9 Å². The van der Waals surface area contributed by atoms with Crippen molar-refractivity contribution in [2.24, 2.45) is 5.92 Å². The van der Waals surface area contributed by atoms with Crippen molar-refractivity contribution in [2.45, 2.75) is 58.2 Å². The van der Waals surface area contributed by atoms with Gasteiger partial charge in [0.25, 0.3) is 0 Å². The van der Waals surface area contributed by atoms with Crippen molar-refractivity contribution in [1.29, 1.82) is 0 Å². The van der Waals surface area contributed by atoms with Crippen molar-refractivity contribution in [1.82, 2.24) is 20.1 Å². The Kier molecular flexibility index (Phi) is 6.08. The summed E-state index contributed by atoms with van der Waals surface area (Å²) in [7, 11) is 0. The molecule has 0 bridgehead atoms. The molecule has 3 rings (SSSR count). The van der Waals surface area contributed by atoms with Gasteiger partial charge in [-0.2, -0.15) is 0 Å². The summed E-state index contributed by atoms with van der Waals surface area (Å²) in [6.07, 6.45) is 5.03. The van der Waals surface area contributed by atoms with E-state index in [1.165, 1.54) is 0 Å². The molecular formula is C20H28N4O3. The van der Waals surface area contributed by atoms with Crippen molar-refractivity contribution >= 4 is 17.7 Å². The second-order valence-corrected chi connectivity index (χ2v) is 7.60. The molecule has 3 heterocycles. The van der Waals surface area contributed by atoms with Gasteiger partial charge in [-0.25, -0.2) is 0 Å². The lowest BCUT2D eigenvalue weighted by molar-refractivity contribution is -0.139. The normalized spacial score (nSPS) is 24.0. The van der Waals surface area contributed by atoms with Crippen LogP contribution in [0, 0.1) is 5.92 Å². The Morgan fingerprint density at radius 2 is 2.15 bits per heavy atom. The first kappa shape index (κ1) is 19.3. The van der Waals surface area contributed by atoms with Crippen LogP contribution in [0.5, 0.6) is 0 Å². The first-order chi connectivity index (χ1) is 13.0. The second-order valence-electron chi connectivity index (χ2n) is 7.60. The number of hydrogen-bond acceptors (Lipinski definition) is 4. The van der Waals surface area contributed by atoms with Crippen molar-refractivity contribution in [2.75, 3.05) is 13.1 Å². The van der Waals surface area contributed by atoms with Crippen LogP contribution in [0.15, 0.2) is 24.4 Å². The minimum absolute atomic E-state index is 0.0368. The van der Waals surface area contributed by atoms with E-state index >= 15 is 0 Å². The molecule has 2 aliphatic rings. The molecule has 3 amide bonds. The fourth-order valence-electron chi connectivity index (χ4n) is 3.86. The summed E-state index contributed by atoms with van der Waals surface area (Å²) in [5.74, 6) is -0.734. The molecule has 146 valence electrons. The molecule has 0 aliphatic carbocycles. The molecule has 1 aromatic heterocycles. The van der Waals surface area contributed by atoms with Gasteiger partial charge < -0.3 is 15.1 Å². The summed E-state index contributed by atoms with van der Waals surface area (Å²) in [6.45, 7) is 5.30. The summed E-state index contributed by atoms with van der Waals surface area (Å²) in [5.41, 5.74) is 0.801. The average Bonchev–Trinajstić information content (AvgIpc) is 3.03. The number of hydrogen-bond donors (Lipinski definition) is 1. The fourth-order valence-corrected chi connectivity index (χ4v) is 3.86. The number of nitrogens with zero attached hydrogens (tertiary/aromatic N) is 3. The van der Waals surface area contributed by atoms with E-state index in [1.54, 1.807) is 18.0 Å². The Morgan fingerprint density at radius 1 is 1.33 bits per heavy atom. The highest BCUT2D eigenvalue weighted by molar-refractivity contribution is 5.92. The van der Waals surface area contributed by atoms with Crippen molar-refractivity contribution < 1.29 is 14.4 Å². The van der Waals surface area contributed by atoms with E-state index < -0.39 is 12.0 Å². The Morgan fingerprint density at radius 3 is 2.85 bits per heavy atom. The van der Waals surface area contributed by atoms with E-state index in [1.807, 2.05) is 23.1 Å². The van der Waals surface area contributed by atoms with Gasteiger partial charge in [0.2, 0.25) is 17.7 Å². The number of pyridine rings is 1. The molecule has 0 saturated carbocycles. The van der Waals surface area contributed by atoms with E-state index in [0.29, 0.717) is 13.1 Å². The van der Waals surface area contributed by atoms with E-state index in [2.05, 4.69) is 17.2 Å². The number of aromatic nitrogens is 1. The maximum absolute atomic E-state index is 12.7. The number of likely N-dealkylation sites (tertiary alicyclic amines) is 2. The number of rotatable bonds is 5. The molecule has 7 nitrogen and oxygen atoms in total. The molecule has 1 N–H and O–H groups in total. The zero-order valence-corrected chi connectivity index (χ0v) is 16.1. The van der Waals surface area contributed by atoms with Gasteiger partial charge in [-0.1, -0.05) is 6.07 Å². The molecule has 7 heteroatoms. The SMILES string of the molecule is CC(NC(=O)C1CC(=O)N(Cc2ccccn2)C1)C(=O)N1CCCCC1C.